The number of ketones is 1. The van der Waals surface area contributed by atoms with Gasteiger partial charge in [0.05, 0.1) is 6.61 Å². The van der Waals surface area contributed by atoms with Crippen molar-refractivity contribution in [1.29, 1.82) is 0 Å². The van der Waals surface area contributed by atoms with E-state index in [0.717, 1.165) is 0 Å². The number of carbonyl (C=O) groups excluding carboxylic acids is 3. The molecule has 2 rings (SSSR count). The Kier molecular flexibility index (Phi) is 2.53. The van der Waals surface area contributed by atoms with E-state index in [0.29, 0.717) is 6.42 Å². The molecule has 0 amide bonds. The molecule has 0 unspecified atom stereocenters. The maximum Gasteiger partial charge on any atom is 0.320 e. The Bertz CT molecular complexity index is 384. The number of ether oxygens (including phenoxy) is 2. The molecule has 0 aromatic rings. The number of esters is 2. The van der Waals surface area contributed by atoms with Crippen molar-refractivity contribution >= 4 is 17.7 Å². The highest BCUT2D eigenvalue weighted by atomic mass is 16.5. The molecule has 2 aliphatic rings. The summed E-state index contributed by atoms with van der Waals surface area (Å²) < 4.78 is 9.82. The van der Waals surface area contributed by atoms with Gasteiger partial charge in [-0.05, 0) is 12.2 Å². The molecule has 1 fully saturated rings. The Labute approximate surface area is 92.4 Å². The molecule has 1 heterocycles. The summed E-state index contributed by atoms with van der Waals surface area (Å²) in [6, 6.07) is 0. The second-order valence-corrected chi connectivity index (χ2v) is 4.04. The summed E-state index contributed by atoms with van der Waals surface area (Å²) in [5.74, 6) is -1.18. The highest BCUT2D eigenvalue weighted by molar-refractivity contribution is 6.10. The first-order chi connectivity index (χ1) is 7.54. The number of hydrogen-bond donors (Lipinski definition) is 0. The zero-order valence-electron chi connectivity index (χ0n) is 8.89. The third-order valence-electron chi connectivity index (χ3n) is 2.95. The summed E-state index contributed by atoms with van der Waals surface area (Å²) in [5, 5.41) is 0. The minimum Gasteiger partial charge on any atom is -0.465 e. The van der Waals surface area contributed by atoms with Crippen molar-refractivity contribution in [2.45, 2.75) is 25.9 Å². The summed E-state index contributed by atoms with van der Waals surface area (Å²) in [6.45, 7) is 1.55. The molecular weight excluding hydrogens is 212 g/mol. The molecule has 0 N–H and O–H groups in total. The van der Waals surface area contributed by atoms with E-state index in [2.05, 4.69) is 0 Å². The molecule has 0 radical (unpaired) electrons. The van der Waals surface area contributed by atoms with E-state index in [-0.39, 0.29) is 18.8 Å². The molecular formula is C11H12O5. The van der Waals surface area contributed by atoms with Crippen LogP contribution in [0, 0.1) is 5.41 Å². The van der Waals surface area contributed by atoms with Gasteiger partial charge in [-0.3, -0.25) is 14.4 Å². The van der Waals surface area contributed by atoms with Crippen LogP contribution in [0.3, 0.4) is 0 Å². The van der Waals surface area contributed by atoms with Crippen molar-refractivity contribution in [2.24, 2.45) is 5.41 Å². The summed E-state index contributed by atoms with van der Waals surface area (Å²) in [5.41, 5.74) is -1.12. The van der Waals surface area contributed by atoms with Crippen LogP contribution in [0.5, 0.6) is 0 Å². The average Bonchev–Trinajstić information content (AvgIpc) is 2.55. The largest absolute Gasteiger partial charge is 0.465 e. The Morgan fingerprint density at radius 2 is 2.31 bits per heavy atom. The minimum absolute atomic E-state index is 0.195. The summed E-state index contributed by atoms with van der Waals surface area (Å²) in [4.78, 5) is 34.1. The van der Waals surface area contributed by atoms with Crippen LogP contribution in [-0.2, 0) is 23.9 Å². The van der Waals surface area contributed by atoms with Crippen molar-refractivity contribution in [3.8, 4) is 0 Å². The molecule has 1 saturated heterocycles. The first kappa shape index (κ1) is 10.9. The van der Waals surface area contributed by atoms with Crippen LogP contribution in [0.2, 0.25) is 0 Å². The SMILES string of the molecule is CC(=O)O[C@@H]1C=CC(=O)[C@]2(CCOC2=O)C1. The fourth-order valence-electron chi connectivity index (χ4n) is 2.13. The van der Waals surface area contributed by atoms with Gasteiger partial charge in [0, 0.05) is 19.8 Å². The van der Waals surface area contributed by atoms with E-state index in [1.54, 1.807) is 0 Å². The Morgan fingerprint density at radius 3 is 2.88 bits per heavy atom. The predicted molar refractivity (Wildman–Crippen MR) is 52.3 cm³/mol. The van der Waals surface area contributed by atoms with Crippen LogP contribution in [0.4, 0.5) is 0 Å². The Morgan fingerprint density at radius 1 is 1.56 bits per heavy atom. The van der Waals surface area contributed by atoms with Gasteiger partial charge in [-0.1, -0.05) is 0 Å². The van der Waals surface area contributed by atoms with Crippen LogP contribution < -0.4 is 0 Å². The van der Waals surface area contributed by atoms with Crippen molar-refractivity contribution < 1.29 is 23.9 Å². The van der Waals surface area contributed by atoms with E-state index in [1.165, 1.54) is 19.1 Å². The molecule has 5 heteroatoms. The molecule has 1 spiro atoms. The molecule has 0 saturated carbocycles. The van der Waals surface area contributed by atoms with Gasteiger partial charge in [-0.25, -0.2) is 0 Å². The van der Waals surface area contributed by atoms with Gasteiger partial charge < -0.3 is 9.47 Å². The maximum absolute atomic E-state index is 11.7. The smallest absolute Gasteiger partial charge is 0.320 e. The van der Waals surface area contributed by atoms with Crippen LogP contribution >= 0.6 is 0 Å². The Balaban J connectivity index is 2.22. The van der Waals surface area contributed by atoms with Crippen molar-refractivity contribution in [3.63, 3.8) is 0 Å². The predicted octanol–water partition coefficient (Wildman–Crippen LogP) is 0.380. The lowest BCUT2D eigenvalue weighted by molar-refractivity contribution is -0.156. The van der Waals surface area contributed by atoms with Gasteiger partial charge in [-0.15, -0.1) is 0 Å². The number of allylic oxidation sites excluding steroid dienone is 1. The quantitative estimate of drug-likeness (QED) is 0.475. The van der Waals surface area contributed by atoms with Gasteiger partial charge >= 0.3 is 11.9 Å². The van der Waals surface area contributed by atoms with E-state index in [1.807, 2.05) is 0 Å². The van der Waals surface area contributed by atoms with Gasteiger partial charge in [-0.2, -0.15) is 0 Å². The van der Waals surface area contributed by atoms with Crippen molar-refractivity contribution in [1.82, 2.24) is 0 Å². The zero-order chi connectivity index (χ0) is 11.8. The normalized spacial score (nSPS) is 32.9. The zero-order valence-corrected chi connectivity index (χ0v) is 8.89. The number of carbonyl (C=O) groups is 3. The van der Waals surface area contributed by atoms with Gasteiger partial charge in [0.2, 0.25) is 0 Å². The van der Waals surface area contributed by atoms with E-state index < -0.39 is 23.5 Å². The van der Waals surface area contributed by atoms with E-state index in [4.69, 9.17) is 9.47 Å². The van der Waals surface area contributed by atoms with Crippen LogP contribution in [0.25, 0.3) is 0 Å². The van der Waals surface area contributed by atoms with Crippen molar-refractivity contribution in [3.05, 3.63) is 12.2 Å². The lowest BCUT2D eigenvalue weighted by Gasteiger charge is -2.28. The molecule has 1 aliphatic carbocycles. The average molecular weight is 224 g/mol. The lowest BCUT2D eigenvalue weighted by Crippen LogP contribution is -2.41. The van der Waals surface area contributed by atoms with Crippen LogP contribution in [-0.4, -0.2) is 30.4 Å². The molecule has 86 valence electrons. The summed E-state index contributed by atoms with van der Waals surface area (Å²) in [6.07, 6.45) is 2.87. The number of hydrogen-bond acceptors (Lipinski definition) is 5. The fourth-order valence-corrected chi connectivity index (χ4v) is 2.13. The third kappa shape index (κ3) is 1.62. The highest BCUT2D eigenvalue weighted by Crippen LogP contribution is 2.39. The number of rotatable bonds is 1. The van der Waals surface area contributed by atoms with Crippen LogP contribution in [0.1, 0.15) is 19.8 Å². The monoisotopic (exact) mass is 224 g/mol. The first-order valence-electron chi connectivity index (χ1n) is 5.12. The highest BCUT2D eigenvalue weighted by Gasteiger charge is 2.52. The summed E-state index contributed by atoms with van der Waals surface area (Å²) in [7, 11) is 0. The molecule has 5 nitrogen and oxygen atoms in total. The maximum atomic E-state index is 11.7. The minimum atomic E-state index is -1.12. The van der Waals surface area contributed by atoms with Crippen LogP contribution in [0.15, 0.2) is 12.2 Å². The summed E-state index contributed by atoms with van der Waals surface area (Å²) >= 11 is 0. The van der Waals surface area contributed by atoms with Gasteiger partial charge in [0.15, 0.2) is 5.78 Å². The molecule has 2 atom stereocenters. The van der Waals surface area contributed by atoms with E-state index >= 15 is 0 Å². The molecule has 16 heavy (non-hydrogen) atoms. The molecule has 0 bridgehead atoms. The fraction of sp³-hybridized carbons (Fsp3) is 0.545. The van der Waals surface area contributed by atoms with Crippen molar-refractivity contribution in [2.75, 3.05) is 6.61 Å². The second-order valence-electron chi connectivity index (χ2n) is 4.04. The lowest BCUT2D eigenvalue weighted by atomic mass is 9.74. The second kappa shape index (κ2) is 3.73. The topological polar surface area (TPSA) is 69.7 Å². The Hall–Kier alpha value is -1.65. The van der Waals surface area contributed by atoms with Gasteiger partial charge in [0.1, 0.15) is 11.5 Å². The molecule has 1 aliphatic heterocycles. The standard InChI is InChI=1S/C11H12O5/c1-7(12)16-8-2-3-9(13)11(6-8)4-5-15-10(11)14/h2-3,8H,4-6H2,1H3/t8-,11+/m1/s1. The molecule has 0 aromatic carbocycles. The third-order valence-corrected chi connectivity index (χ3v) is 2.95. The molecule has 0 aromatic heterocycles. The van der Waals surface area contributed by atoms with Gasteiger partial charge in [0.25, 0.3) is 0 Å². The number of cyclic esters (lactones) is 1. The first-order valence-corrected chi connectivity index (χ1v) is 5.12. The van der Waals surface area contributed by atoms with E-state index in [9.17, 15) is 14.4 Å².